The summed E-state index contributed by atoms with van der Waals surface area (Å²) in [5.74, 6) is 1.14. The Morgan fingerprint density at radius 3 is 2.32 bits per heavy atom. The molecular formula is C27H27FN4O2. The van der Waals surface area contributed by atoms with E-state index < -0.39 is 0 Å². The molecule has 0 bridgehead atoms. The van der Waals surface area contributed by atoms with Crippen LogP contribution in [0.4, 0.5) is 4.39 Å². The monoisotopic (exact) mass is 458 g/mol. The van der Waals surface area contributed by atoms with Crippen molar-refractivity contribution in [2.24, 2.45) is 0 Å². The third-order valence-corrected chi connectivity index (χ3v) is 6.18. The van der Waals surface area contributed by atoms with Gasteiger partial charge in [0.25, 0.3) is 5.91 Å². The molecule has 174 valence electrons. The number of benzene rings is 3. The molecule has 3 aromatic carbocycles. The minimum Gasteiger partial charge on any atom is -0.484 e. The van der Waals surface area contributed by atoms with E-state index in [2.05, 4.69) is 45.9 Å². The smallest absolute Gasteiger partial charge is 0.260 e. The quantitative estimate of drug-likeness (QED) is 0.421. The number of carbonyl (C=O) groups is 1. The first kappa shape index (κ1) is 22.1. The third kappa shape index (κ3) is 5.10. The van der Waals surface area contributed by atoms with E-state index in [4.69, 9.17) is 9.72 Å². The fourth-order valence-electron chi connectivity index (χ4n) is 4.31. The number of halogens is 1. The number of imidazole rings is 1. The molecule has 1 aliphatic rings. The maximum atomic E-state index is 13.0. The normalized spacial score (nSPS) is 14.4. The zero-order valence-electron chi connectivity index (χ0n) is 18.9. The minimum atomic E-state index is -0.327. The van der Waals surface area contributed by atoms with Gasteiger partial charge >= 0.3 is 0 Å². The van der Waals surface area contributed by atoms with Crippen molar-refractivity contribution in [3.63, 3.8) is 0 Å². The summed E-state index contributed by atoms with van der Waals surface area (Å²) in [7, 11) is 0. The number of hydrogen-bond donors (Lipinski definition) is 0. The summed E-state index contributed by atoms with van der Waals surface area (Å²) in [4.78, 5) is 21.7. The van der Waals surface area contributed by atoms with Crippen LogP contribution in [0.3, 0.4) is 0 Å². The van der Waals surface area contributed by atoms with Crippen molar-refractivity contribution in [2.45, 2.75) is 13.1 Å². The van der Waals surface area contributed by atoms with Gasteiger partial charge in [-0.25, -0.2) is 9.37 Å². The summed E-state index contributed by atoms with van der Waals surface area (Å²) in [6, 6.07) is 24.4. The molecule has 0 unspecified atom stereocenters. The lowest BCUT2D eigenvalue weighted by molar-refractivity contribution is -0.135. The van der Waals surface area contributed by atoms with Crippen molar-refractivity contribution >= 4 is 16.9 Å². The first-order valence-corrected chi connectivity index (χ1v) is 11.5. The Morgan fingerprint density at radius 2 is 1.56 bits per heavy atom. The summed E-state index contributed by atoms with van der Waals surface area (Å²) in [5.41, 5.74) is 3.37. The second kappa shape index (κ2) is 10.1. The molecule has 0 aliphatic carbocycles. The van der Waals surface area contributed by atoms with E-state index in [1.54, 1.807) is 0 Å². The molecule has 6 nitrogen and oxygen atoms in total. The maximum Gasteiger partial charge on any atom is 0.260 e. The van der Waals surface area contributed by atoms with Crippen LogP contribution in [0.1, 0.15) is 11.4 Å². The van der Waals surface area contributed by atoms with Crippen molar-refractivity contribution in [1.82, 2.24) is 19.4 Å². The Morgan fingerprint density at radius 1 is 0.853 bits per heavy atom. The zero-order chi connectivity index (χ0) is 23.3. The van der Waals surface area contributed by atoms with Gasteiger partial charge in [0, 0.05) is 32.7 Å². The van der Waals surface area contributed by atoms with E-state index in [0.717, 1.165) is 43.0 Å². The fourth-order valence-corrected chi connectivity index (χ4v) is 4.31. The highest BCUT2D eigenvalue weighted by Gasteiger charge is 2.23. The van der Waals surface area contributed by atoms with E-state index in [9.17, 15) is 9.18 Å². The van der Waals surface area contributed by atoms with Crippen molar-refractivity contribution in [2.75, 3.05) is 32.8 Å². The van der Waals surface area contributed by atoms with Gasteiger partial charge in [-0.05, 0) is 42.0 Å². The zero-order valence-corrected chi connectivity index (χ0v) is 18.9. The SMILES string of the molecule is O=C(COc1ccc(F)cc1)N1CCN(Cc2nc3ccccc3n2Cc2ccccc2)CC1. The van der Waals surface area contributed by atoms with Crippen LogP contribution in [0, 0.1) is 5.82 Å². The second-order valence-corrected chi connectivity index (χ2v) is 8.49. The maximum absolute atomic E-state index is 13.0. The predicted octanol–water partition coefficient (Wildman–Crippen LogP) is 3.95. The Balaban J connectivity index is 1.20. The molecule has 1 aromatic heterocycles. The molecule has 7 heteroatoms. The number of carbonyl (C=O) groups excluding carboxylic acids is 1. The van der Waals surface area contributed by atoms with Crippen molar-refractivity contribution < 1.29 is 13.9 Å². The standard InChI is InChI=1S/C27H27FN4O2/c28-22-10-12-23(13-11-22)34-20-27(33)31-16-14-30(15-17-31)19-26-29-24-8-4-5-9-25(24)32(26)18-21-6-2-1-3-7-21/h1-13H,14-20H2. The molecule has 2 heterocycles. The number of nitrogens with zero attached hydrogens (tertiary/aromatic N) is 4. The molecule has 4 aromatic rings. The third-order valence-electron chi connectivity index (χ3n) is 6.18. The predicted molar refractivity (Wildman–Crippen MR) is 129 cm³/mol. The minimum absolute atomic E-state index is 0.0432. The molecule has 34 heavy (non-hydrogen) atoms. The summed E-state index contributed by atoms with van der Waals surface area (Å²) in [6.07, 6.45) is 0. The van der Waals surface area contributed by atoms with Crippen LogP contribution in [0.5, 0.6) is 5.75 Å². The molecule has 5 rings (SSSR count). The molecule has 0 radical (unpaired) electrons. The highest BCUT2D eigenvalue weighted by molar-refractivity contribution is 5.78. The van der Waals surface area contributed by atoms with Crippen LogP contribution < -0.4 is 4.74 Å². The van der Waals surface area contributed by atoms with Gasteiger partial charge in [-0.15, -0.1) is 0 Å². The second-order valence-electron chi connectivity index (χ2n) is 8.49. The highest BCUT2D eigenvalue weighted by atomic mass is 19.1. The molecule has 1 amide bonds. The van der Waals surface area contributed by atoms with E-state index in [-0.39, 0.29) is 18.3 Å². The number of para-hydroxylation sites is 2. The highest BCUT2D eigenvalue weighted by Crippen LogP contribution is 2.20. The number of piperazine rings is 1. The van der Waals surface area contributed by atoms with Crippen LogP contribution in [0.25, 0.3) is 11.0 Å². The van der Waals surface area contributed by atoms with Gasteiger partial charge in [-0.1, -0.05) is 42.5 Å². The van der Waals surface area contributed by atoms with Crippen molar-refractivity contribution in [3.05, 3.63) is 96.1 Å². The summed E-state index contributed by atoms with van der Waals surface area (Å²) < 4.78 is 20.8. The number of rotatable bonds is 7. The van der Waals surface area contributed by atoms with E-state index in [1.807, 2.05) is 23.1 Å². The number of amides is 1. The summed E-state index contributed by atoms with van der Waals surface area (Å²) >= 11 is 0. The van der Waals surface area contributed by atoms with Crippen LogP contribution in [-0.2, 0) is 17.9 Å². The molecular weight excluding hydrogens is 431 g/mol. The average molecular weight is 459 g/mol. The Bertz CT molecular complexity index is 1250. The molecule has 1 fully saturated rings. The van der Waals surface area contributed by atoms with E-state index in [1.165, 1.54) is 29.8 Å². The number of fused-ring (bicyclic) bond motifs is 1. The van der Waals surface area contributed by atoms with Crippen LogP contribution in [0.15, 0.2) is 78.9 Å². The van der Waals surface area contributed by atoms with Gasteiger partial charge < -0.3 is 14.2 Å². The van der Waals surface area contributed by atoms with Gasteiger partial charge in [0.15, 0.2) is 6.61 Å². The lowest BCUT2D eigenvalue weighted by atomic mass is 10.2. The Hall–Kier alpha value is -3.71. The summed E-state index contributed by atoms with van der Waals surface area (Å²) in [5, 5.41) is 0. The van der Waals surface area contributed by atoms with E-state index in [0.29, 0.717) is 18.8 Å². The van der Waals surface area contributed by atoms with Crippen molar-refractivity contribution in [1.29, 1.82) is 0 Å². The molecule has 0 atom stereocenters. The lowest BCUT2D eigenvalue weighted by Crippen LogP contribution is -2.49. The number of ether oxygens (including phenoxy) is 1. The van der Waals surface area contributed by atoms with Gasteiger partial charge in [0.2, 0.25) is 0 Å². The fraction of sp³-hybridized carbons (Fsp3) is 0.259. The molecule has 0 N–H and O–H groups in total. The van der Waals surface area contributed by atoms with Crippen LogP contribution >= 0.6 is 0 Å². The van der Waals surface area contributed by atoms with Crippen LogP contribution in [-0.4, -0.2) is 58.0 Å². The first-order valence-electron chi connectivity index (χ1n) is 11.5. The van der Waals surface area contributed by atoms with E-state index >= 15 is 0 Å². The average Bonchev–Trinajstić information content (AvgIpc) is 3.21. The van der Waals surface area contributed by atoms with Gasteiger partial charge in [-0.2, -0.15) is 0 Å². The van der Waals surface area contributed by atoms with Gasteiger partial charge in [0.05, 0.1) is 17.6 Å². The van der Waals surface area contributed by atoms with Crippen molar-refractivity contribution in [3.8, 4) is 5.75 Å². The molecule has 1 aliphatic heterocycles. The molecule has 0 saturated carbocycles. The molecule has 1 saturated heterocycles. The molecule has 0 spiro atoms. The first-order chi connectivity index (χ1) is 16.7. The number of hydrogen-bond acceptors (Lipinski definition) is 4. The van der Waals surface area contributed by atoms with Crippen LogP contribution in [0.2, 0.25) is 0 Å². The largest absolute Gasteiger partial charge is 0.484 e. The lowest BCUT2D eigenvalue weighted by Gasteiger charge is -2.34. The Labute approximate surface area is 198 Å². The number of aromatic nitrogens is 2. The van der Waals surface area contributed by atoms with Gasteiger partial charge in [0.1, 0.15) is 17.4 Å². The topological polar surface area (TPSA) is 50.6 Å². The van der Waals surface area contributed by atoms with Gasteiger partial charge in [-0.3, -0.25) is 9.69 Å². The Kier molecular flexibility index (Phi) is 6.53. The summed E-state index contributed by atoms with van der Waals surface area (Å²) in [6.45, 7) is 4.30.